The van der Waals surface area contributed by atoms with Crippen molar-refractivity contribution in [2.24, 2.45) is 11.7 Å². The summed E-state index contributed by atoms with van der Waals surface area (Å²) in [7, 11) is 0. The molecule has 1 saturated heterocycles. The van der Waals surface area contributed by atoms with Gasteiger partial charge in [0, 0.05) is 19.3 Å². The third-order valence-corrected chi connectivity index (χ3v) is 3.52. The van der Waals surface area contributed by atoms with Gasteiger partial charge in [-0.15, -0.1) is 0 Å². The molecule has 7 heteroatoms. The van der Waals surface area contributed by atoms with Crippen LogP contribution in [0.2, 0.25) is 5.02 Å². The van der Waals surface area contributed by atoms with Crippen molar-refractivity contribution in [2.45, 2.75) is 12.8 Å². The Kier molecular flexibility index (Phi) is 3.90. The van der Waals surface area contributed by atoms with Crippen LogP contribution in [0.3, 0.4) is 0 Å². The number of aromatic carboxylic acids is 1. The first-order valence-corrected chi connectivity index (χ1v) is 6.30. The summed E-state index contributed by atoms with van der Waals surface area (Å²) < 4.78 is 0. The van der Waals surface area contributed by atoms with E-state index >= 15 is 0 Å². The lowest BCUT2D eigenvalue weighted by Gasteiger charge is -2.32. The molecule has 0 aliphatic carbocycles. The van der Waals surface area contributed by atoms with Crippen LogP contribution < -0.4 is 10.6 Å². The maximum Gasteiger partial charge on any atom is 0.337 e. The number of nitrogens with zero attached hydrogens (tertiary/aromatic N) is 2. The monoisotopic (exact) mass is 283 g/mol. The molecular weight excluding hydrogens is 270 g/mol. The molecule has 2 rings (SSSR count). The van der Waals surface area contributed by atoms with Crippen molar-refractivity contribution in [3.05, 3.63) is 22.8 Å². The Morgan fingerprint density at radius 2 is 2.26 bits per heavy atom. The summed E-state index contributed by atoms with van der Waals surface area (Å²) in [4.78, 5) is 28.2. The summed E-state index contributed by atoms with van der Waals surface area (Å²) in [6.07, 6.45) is 2.89. The van der Waals surface area contributed by atoms with E-state index in [0.29, 0.717) is 12.4 Å². The standard InChI is InChI=1S/C12H14ClN3O3/c13-9-5-15-10(4-8(9)12(18)19)16-3-1-2-7(6-16)11(14)17/h4-5,7H,1-3,6H2,(H2,14,17)(H,18,19). The van der Waals surface area contributed by atoms with Crippen LogP contribution in [-0.2, 0) is 4.79 Å². The maximum atomic E-state index is 11.2. The number of piperidine rings is 1. The molecule has 1 aliphatic heterocycles. The minimum absolute atomic E-state index is 0.00728. The average Bonchev–Trinajstić information content (AvgIpc) is 2.39. The number of hydrogen-bond donors (Lipinski definition) is 2. The van der Waals surface area contributed by atoms with Crippen LogP contribution in [-0.4, -0.2) is 35.1 Å². The molecule has 0 aromatic carbocycles. The van der Waals surface area contributed by atoms with Gasteiger partial charge in [0.25, 0.3) is 0 Å². The van der Waals surface area contributed by atoms with E-state index in [0.717, 1.165) is 19.4 Å². The van der Waals surface area contributed by atoms with Gasteiger partial charge >= 0.3 is 5.97 Å². The molecule has 1 fully saturated rings. The van der Waals surface area contributed by atoms with Gasteiger partial charge in [-0.3, -0.25) is 4.79 Å². The Morgan fingerprint density at radius 3 is 2.89 bits per heavy atom. The molecular formula is C12H14ClN3O3. The summed E-state index contributed by atoms with van der Waals surface area (Å²) >= 11 is 5.77. The summed E-state index contributed by atoms with van der Waals surface area (Å²) in [5.41, 5.74) is 5.32. The number of pyridine rings is 1. The Hall–Kier alpha value is -1.82. The van der Waals surface area contributed by atoms with Crippen LogP contribution in [0.5, 0.6) is 0 Å². The number of anilines is 1. The smallest absolute Gasteiger partial charge is 0.337 e. The largest absolute Gasteiger partial charge is 0.478 e. The molecule has 1 unspecified atom stereocenters. The Morgan fingerprint density at radius 1 is 1.53 bits per heavy atom. The lowest BCUT2D eigenvalue weighted by molar-refractivity contribution is -0.122. The van der Waals surface area contributed by atoms with Crippen LogP contribution in [0, 0.1) is 5.92 Å². The van der Waals surface area contributed by atoms with Crippen molar-refractivity contribution in [1.29, 1.82) is 0 Å². The number of primary amides is 1. The molecule has 1 aliphatic rings. The highest BCUT2D eigenvalue weighted by molar-refractivity contribution is 6.33. The molecule has 0 saturated carbocycles. The summed E-state index contributed by atoms with van der Waals surface area (Å²) in [5.74, 6) is -1.15. The number of halogens is 1. The Bertz CT molecular complexity index is 521. The van der Waals surface area contributed by atoms with Crippen LogP contribution >= 0.6 is 11.6 Å². The topological polar surface area (TPSA) is 96.5 Å². The van der Waals surface area contributed by atoms with Crippen LogP contribution in [0.15, 0.2) is 12.3 Å². The second-order valence-electron chi connectivity index (χ2n) is 4.52. The number of rotatable bonds is 3. The van der Waals surface area contributed by atoms with Crippen molar-refractivity contribution in [3.8, 4) is 0 Å². The third kappa shape index (κ3) is 2.96. The first-order valence-electron chi connectivity index (χ1n) is 5.92. The number of nitrogens with two attached hydrogens (primary N) is 1. The lowest BCUT2D eigenvalue weighted by Crippen LogP contribution is -2.41. The van der Waals surface area contributed by atoms with Crippen molar-refractivity contribution >= 4 is 29.3 Å². The molecule has 2 heterocycles. The maximum absolute atomic E-state index is 11.2. The van der Waals surface area contributed by atoms with Gasteiger partial charge < -0.3 is 15.7 Å². The number of carbonyl (C=O) groups excluding carboxylic acids is 1. The highest BCUT2D eigenvalue weighted by Gasteiger charge is 2.25. The van der Waals surface area contributed by atoms with E-state index in [-0.39, 0.29) is 22.4 Å². The van der Waals surface area contributed by atoms with Crippen molar-refractivity contribution in [3.63, 3.8) is 0 Å². The quantitative estimate of drug-likeness (QED) is 0.867. The van der Waals surface area contributed by atoms with Crippen LogP contribution in [0.1, 0.15) is 23.2 Å². The molecule has 1 aromatic rings. The molecule has 1 amide bonds. The van der Waals surface area contributed by atoms with Crippen molar-refractivity contribution in [1.82, 2.24) is 4.98 Å². The molecule has 0 spiro atoms. The van der Waals surface area contributed by atoms with E-state index in [4.69, 9.17) is 22.4 Å². The second-order valence-corrected chi connectivity index (χ2v) is 4.92. The summed E-state index contributed by atoms with van der Waals surface area (Å²) in [6, 6.07) is 1.42. The first-order chi connectivity index (χ1) is 8.99. The summed E-state index contributed by atoms with van der Waals surface area (Å²) in [6.45, 7) is 1.18. The molecule has 6 nitrogen and oxygen atoms in total. The minimum atomic E-state index is -1.10. The van der Waals surface area contributed by atoms with Gasteiger partial charge in [0.2, 0.25) is 5.91 Å². The lowest BCUT2D eigenvalue weighted by atomic mass is 9.97. The fraction of sp³-hybridized carbons (Fsp3) is 0.417. The third-order valence-electron chi connectivity index (χ3n) is 3.22. The number of carboxylic acid groups (broad SMARTS) is 1. The van der Waals surface area contributed by atoms with Crippen molar-refractivity contribution in [2.75, 3.05) is 18.0 Å². The average molecular weight is 284 g/mol. The van der Waals surface area contributed by atoms with Gasteiger partial charge in [0.1, 0.15) is 5.82 Å². The number of amides is 1. The Labute approximate surface area is 115 Å². The molecule has 1 atom stereocenters. The number of carbonyl (C=O) groups is 2. The molecule has 19 heavy (non-hydrogen) atoms. The van der Waals surface area contributed by atoms with Gasteiger partial charge in [-0.1, -0.05) is 11.6 Å². The second kappa shape index (κ2) is 5.44. The minimum Gasteiger partial charge on any atom is -0.478 e. The highest BCUT2D eigenvalue weighted by Crippen LogP contribution is 2.25. The van der Waals surface area contributed by atoms with Crippen LogP contribution in [0.25, 0.3) is 0 Å². The number of carboxylic acids is 1. The van der Waals surface area contributed by atoms with E-state index in [1.807, 2.05) is 4.90 Å². The zero-order chi connectivity index (χ0) is 14.0. The fourth-order valence-corrected chi connectivity index (χ4v) is 2.37. The molecule has 0 radical (unpaired) electrons. The Balaban J connectivity index is 2.24. The van der Waals surface area contributed by atoms with E-state index < -0.39 is 5.97 Å². The van der Waals surface area contributed by atoms with E-state index in [1.54, 1.807) is 0 Å². The normalized spacial score (nSPS) is 19.2. The number of hydrogen-bond acceptors (Lipinski definition) is 4. The molecule has 3 N–H and O–H groups in total. The van der Waals surface area contributed by atoms with Gasteiger partial charge in [-0.05, 0) is 18.9 Å². The van der Waals surface area contributed by atoms with Crippen LogP contribution in [0.4, 0.5) is 5.82 Å². The van der Waals surface area contributed by atoms with E-state index in [1.165, 1.54) is 12.3 Å². The van der Waals surface area contributed by atoms with Gasteiger partial charge in [0.05, 0.1) is 16.5 Å². The van der Waals surface area contributed by atoms with E-state index in [2.05, 4.69) is 4.98 Å². The summed E-state index contributed by atoms with van der Waals surface area (Å²) in [5, 5.41) is 9.12. The first kappa shape index (κ1) is 13.6. The zero-order valence-corrected chi connectivity index (χ0v) is 10.9. The van der Waals surface area contributed by atoms with Gasteiger partial charge in [-0.25, -0.2) is 9.78 Å². The SMILES string of the molecule is NC(=O)C1CCCN(c2cc(C(=O)O)c(Cl)cn2)C1. The highest BCUT2D eigenvalue weighted by atomic mass is 35.5. The molecule has 1 aromatic heterocycles. The van der Waals surface area contributed by atoms with Gasteiger partial charge in [0.15, 0.2) is 0 Å². The number of aromatic nitrogens is 1. The predicted octanol–water partition coefficient (Wildman–Crippen LogP) is 1.13. The van der Waals surface area contributed by atoms with E-state index in [9.17, 15) is 9.59 Å². The fourth-order valence-electron chi connectivity index (χ4n) is 2.18. The zero-order valence-electron chi connectivity index (χ0n) is 10.2. The predicted molar refractivity (Wildman–Crippen MR) is 70.3 cm³/mol. The molecule has 102 valence electrons. The van der Waals surface area contributed by atoms with Gasteiger partial charge in [-0.2, -0.15) is 0 Å². The van der Waals surface area contributed by atoms with Crippen molar-refractivity contribution < 1.29 is 14.7 Å². The molecule has 0 bridgehead atoms.